The predicted octanol–water partition coefficient (Wildman–Crippen LogP) is 9.41. The molecule has 0 saturated carbocycles. The van der Waals surface area contributed by atoms with E-state index in [-0.39, 0.29) is 20.2 Å². The van der Waals surface area contributed by atoms with Crippen LogP contribution < -0.4 is 0 Å². The Morgan fingerprint density at radius 2 is 1.00 bits per heavy atom. The highest BCUT2D eigenvalue weighted by atomic mass is 32.2. The standard InChI is InChI=1S/C25H50OS4/c1-21(2)19-17-15-13-11-9-7-5-4-6-8-10-12-14-16-18-20-23(26)30-25(29)24(28)22(3)27/h21-22,24-25,27-29H,4-20H2,1-3H3. The van der Waals surface area contributed by atoms with Crippen molar-refractivity contribution < 1.29 is 4.79 Å². The molecule has 1 nitrogen and oxygen atoms in total. The number of carbonyl (C=O) groups is 1. The molecule has 0 radical (unpaired) electrons. The molecule has 0 aromatic carbocycles. The Kier molecular flexibility index (Phi) is 22.7. The lowest BCUT2D eigenvalue weighted by atomic mass is 10.0. The summed E-state index contributed by atoms with van der Waals surface area (Å²) in [5.74, 6) is 0.873. The van der Waals surface area contributed by atoms with Crippen molar-refractivity contribution in [1.29, 1.82) is 0 Å². The summed E-state index contributed by atoms with van der Waals surface area (Å²) in [6.07, 6.45) is 22.5. The van der Waals surface area contributed by atoms with Gasteiger partial charge in [-0.1, -0.05) is 129 Å². The molecule has 0 rings (SSSR count). The van der Waals surface area contributed by atoms with Crippen molar-refractivity contribution in [1.82, 2.24) is 0 Å². The highest BCUT2D eigenvalue weighted by molar-refractivity contribution is 8.21. The first-order valence-electron chi connectivity index (χ1n) is 12.6. The van der Waals surface area contributed by atoms with E-state index in [1.165, 1.54) is 108 Å². The summed E-state index contributed by atoms with van der Waals surface area (Å²) in [7, 11) is 0. The van der Waals surface area contributed by atoms with Gasteiger partial charge in [0, 0.05) is 16.9 Å². The maximum Gasteiger partial charge on any atom is 0.190 e. The van der Waals surface area contributed by atoms with Gasteiger partial charge in [-0.3, -0.25) is 4.79 Å². The molecule has 30 heavy (non-hydrogen) atoms. The van der Waals surface area contributed by atoms with Crippen LogP contribution in [0.15, 0.2) is 0 Å². The van der Waals surface area contributed by atoms with E-state index in [1.54, 1.807) is 0 Å². The maximum atomic E-state index is 12.0. The molecule has 0 saturated heterocycles. The van der Waals surface area contributed by atoms with Gasteiger partial charge in [0.05, 0.1) is 4.58 Å². The number of thioether (sulfide) groups is 1. The first-order valence-corrected chi connectivity index (χ1v) is 15.0. The van der Waals surface area contributed by atoms with E-state index in [0.29, 0.717) is 6.42 Å². The molecule has 0 heterocycles. The molecule has 0 fully saturated rings. The topological polar surface area (TPSA) is 17.1 Å². The molecule has 0 aliphatic heterocycles. The third-order valence-electron chi connectivity index (χ3n) is 5.70. The monoisotopic (exact) mass is 494 g/mol. The molecule has 180 valence electrons. The zero-order chi connectivity index (χ0) is 22.6. The third-order valence-corrected chi connectivity index (χ3v) is 9.08. The number of rotatable bonds is 21. The zero-order valence-corrected chi connectivity index (χ0v) is 23.5. The molecule has 3 unspecified atom stereocenters. The van der Waals surface area contributed by atoms with Crippen LogP contribution in [0.25, 0.3) is 0 Å². The van der Waals surface area contributed by atoms with Gasteiger partial charge in [0.1, 0.15) is 0 Å². The minimum Gasteiger partial charge on any atom is -0.287 e. The molecule has 0 spiro atoms. The van der Waals surface area contributed by atoms with E-state index in [2.05, 4.69) is 51.7 Å². The van der Waals surface area contributed by atoms with Gasteiger partial charge in [-0.15, -0.1) is 0 Å². The summed E-state index contributed by atoms with van der Waals surface area (Å²) in [4.78, 5) is 12.0. The van der Waals surface area contributed by atoms with Gasteiger partial charge < -0.3 is 0 Å². The normalized spacial score (nSPS) is 14.8. The van der Waals surface area contributed by atoms with Crippen molar-refractivity contribution in [3.8, 4) is 0 Å². The first-order chi connectivity index (χ1) is 14.3. The second-order valence-electron chi connectivity index (χ2n) is 9.35. The van der Waals surface area contributed by atoms with Crippen LogP contribution in [0.3, 0.4) is 0 Å². The molecule has 0 aromatic heterocycles. The summed E-state index contributed by atoms with van der Waals surface area (Å²) in [5, 5.41) is 0.421. The smallest absolute Gasteiger partial charge is 0.190 e. The summed E-state index contributed by atoms with van der Waals surface area (Å²) in [5.41, 5.74) is 0. The van der Waals surface area contributed by atoms with Gasteiger partial charge in [-0.25, -0.2) is 0 Å². The lowest BCUT2D eigenvalue weighted by Gasteiger charge is -2.19. The molecule has 3 atom stereocenters. The largest absolute Gasteiger partial charge is 0.287 e. The fourth-order valence-electron chi connectivity index (χ4n) is 3.62. The van der Waals surface area contributed by atoms with Crippen molar-refractivity contribution in [2.45, 2.75) is 145 Å². The van der Waals surface area contributed by atoms with E-state index in [0.717, 1.165) is 12.3 Å². The van der Waals surface area contributed by atoms with E-state index < -0.39 is 0 Å². The average Bonchev–Trinajstić information content (AvgIpc) is 2.69. The SMILES string of the molecule is CC(C)CCCCCCCCCCCCCCCCCC(=O)SC(S)C(S)C(C)S. The van der Waals surface area contributed by atoms with Crippen LogP contribution >= 0.6 is 49.6 Å². The van der Waals surface area contributed by atoms with Gasteiger partial charge in [0.15, 0.2) is 5.12 Å². The Balaban J connectivity index is 3.27. The highest BCUT2D eigenvalue weighted by Crippen LogP contribution is 2.28. The minimum atomic E-state index is -0.0666. The number of unbranched alkanes of at least 4 members (excludes halogenated alkanes) is 14. The van der Waals surface area contributed by atoms with Crippen LogP contribution in [0, 0.1) is 5.92 Å². The van der Waals surface area contributed by atoms with Gasteiger partial charge >= 0.3 is 0 Å². The Bertz CT molecular complexity index is 387. The summed E-state index contributed by atoms with van der Waals surface area (Å²) < 4.78 is -0.0666. The van der Waals surface area contributed by atoms with E-state index >= 15 is 0 Å². The molecule has 0 aliphatic carbocycles. The van der Waals surface area contributed by atoms with Crippen molar-refractivity contribution in [2.75, 3.05) is 0 Å². The zero-order valence-electron chi connectivity index (χ0n) is 20.0. The van der Waals surface area contributed by atoms with E-state index in [9.17, 15) is 4.79 Å². The molecule has 0 N–H and O–H groups in total. The fraction of sp³-hybridized carbons (Fsp3) is 0.960. The van der Waals surface area contributed by atoms with E-state index in [4.69, 9.17) is 0 Å². The molecular weight excluding hydrogens is 445 g/mol. The lowest BCUT2D eigenvalue weighted by molar-refractivity contribution is -0.111. The minimum absolute atomic E-state index is 0.0326. The van der Waals surface area contributed by atoms with Crippen LogP contribution in [0.1, 0.15) is 130 Å². The molecule has 0 aromatic rings. The Morgan fingerprint density at radius 1 is 0.633 bits per heavy atom. The lowest BCUT2D eigenvalue weighted by Crippen LogP contribution is -2.22. The van der Waals surface area contributed by atoms with Gasteiger partial charge in [-0.2, -0.15) is 37.9 Å². The summed E-state index contributed by atoms with van der Waals surface area (Å²) in [6.45, 7) is 6.64. The second kappa shape index (κ2) is 21.9. The van der Waals surface area contributed by atoms with Crippen molar-refractivity contribution in [3.63, 3.8) is 0 Å². The predicted molar refractivity (Wildman–Crippen MR) is 150 cm³/mol. The molecule has 0 bridgehead atoms. The molecule has 5 heteroatoms. The Labute approximate surface area is 209 Å². The van der Waals surface area contributed by atoms with Crippen LogP contribution in [0.2, 0.25) is 0 Å². The van der Waals surface area contributed by atoms with Crippen LogP contribution in [0.4, 0.5) is 0 Å². The van der Waals surface area contributed by atoms with E-state index in [1.807, 2.05) is 6.92 Å². The van der Waals surface area contributed by atoms with Crippen molar-refractivity contribution in [3.05, 3.63) is 0 Å². The Morgan fingerprint density at radius 3 is 1.37 bits per heavy atom. The van der Waals surface area contributed by atoms with Gasteiger partial charge in [0.25, 0.3) is 0 Å². The third kappa shape index (κ3) is 20.9. The first kappa shape index (κ1) is 31.1. The van der Waals surface area contributed by atoms with Gasteiger partial charge in [0.2, 0.25) is 0 Å². The second-order valence-corrected chi connectivity index (χ2v) is 12.9. The maximum absolute atomic E-state index is 12.0. The number of hydrogen-bond acceptors (Lipinski definition) is 5. The quantitative estimate of drug-likeness (QED) is 0.0837. The summed E-state index contributed by atoms with van der Waals surface area (Å²) in [6, 6.07) is 0. The van der Waals surface area contributed by atoms with Crippen molar-refractivity contribution >= 4 is 54.8 Å². The van der Waals surface area contributed by atoms with Crippen molar-refractivity contribution in [2.24, 2.45) is 5.92 Å². The van der Waals surface area contributed by atoms with Crippen LogP contribution in [-0.2, 0) is 4.79 Å². The average molecular weight is 495 g/mol. The number of thiol groups is 3. The molecule has 0 amide bonds. The summed E-state index contributed by atoms with van der Waals surface area (Å²) >= 11 is 14.7. The van der Waals surface area contributed by atoms with Crippen LogP contribution in [0.5, 0.6) is 0 Å². The molecule has 0 aliphatic rings. The Hall–Kier alpha value is 1.07. The van der Waals surface area contributed by atoms with Gasteiger partial charge in [-0.05, 0) is 12.3 Å². The highest BCUT2D eigenvalue weighted by Gasteiger charge is 2.21. The van der Waals surface area contributed by atoms with Crippen LogP contribution in [-0.4, -0.2) is 20.2 Å². The fourth-order valence-corrected chi connectivity index (χ4v) is 5.75. The molecular formula is C25H50OS4. The number of carbonyl (C=O) groups excluding carboxylic acids is 1. The number of hydrogen-bond donors (Lipinski definition) is 3.